The molecule has 1 aliphatic rings. The lowest BCUT2D eigenvalue weighted by Crippen LogP contribution is -2.13. The summed E-state index contributed by atoms with van der Waals surface area (Å²) in [5, 5.41) is 0.382. The summed E-state index contributed by atoms with van der Waals surface area (Å²) >= 11 is 7.95. The highest BCUT2D eigenvalue weighted by Gasteiger charge is 2.25. The first-order valence-corrected chi connectivity index (χ1v) is 8.53. The number of hydrogen-bond donors (Lipinski definition) is 0. The van der Waals surface area contributed by atoms with Crippen LogP contribution in [0, 0.1) is 0 Å². The van der Waals surface area contributed by atoms with Crippen molar-refractivity contribution in [3.63, 3.8) is 0 Å². The van der Waals surface area contributed by atoms with Gasteiger partial charge in [-0.3, -0.25) is 0 Å². The average molecular weight is 320 g/mol. The van der Waals surface area contributed by atoms with E-state index in [0.717, 1.165) is 29.8 Å². The van der Waals surface area contributed by atoms with Crippen molar-refractivity contribution in [1.82, 2.24) is 14.5 Å². The normalized spacial score (nSPS) is 16.6. The Morgan fingerprint density at radius 3 is 2.86 bits per heavy atom. The van der Waals surface area contributed by atoms with Crippen molar-refractivity contribution >= 4 is 34.5 Å². The Morgan fingerprint density at radius 2 is 2.10 bits per heavy atom. The molecule has 0 atom stereocenters. The molecule has 1 fully saturated rings. The van der Waals surface area contributed by atoms with E-state index in [1.54, 1.807) is 12.3 Å². The molecule has 0 amide bonds. The predicted octanol–water partition coefficient (Wildman–Crippen LogP) is 4.28. The number of nitrogens with zero attached hydrogens (tertiary/aromatic N) is 3. The van der Waals surface area contributed by atoms with E-state index in [2.05, 4.69) is 4.98 Å². The van der Waals surface area contributed by atoms with Gasteiger partial charge in [-0.1, -0.05) is 0 Å². The van der Waals surface area contributed by atoms with E-state index in [1.807, 2.05) is 34.5 Å². The van der Waals surface area contributed by atoms with Crippen molar-refractivity contribution in [3.8, 4) is 5.88 Å². The maximum Gasteiger partial charge on any atom is 0.208 e. The van der Waals surface area contributed by atoms with Gasteiger partial charge in [-0.2, -0.15) is 11.8 Å². The lowest BCUT2D eigenvalue weighted by Gasteiger charge is -2.21. The Morgan fingerprint density at radius 1 is 1.24 bits per heavy atom. The van der Waals surface area contributed by atoms with E-state index in [9.17, 15) is 0 Å². The van der Waals surface area contributed by atoms with E-state index < -0.39 is 0 Å². The number of furan rings is 1. The molecule has 21 heavy (non-hydrogen) atoms. The van der Waals surface area contributed by atoms with Crippen LogP contribution in [0.15, 0.2) is 34.9 Å². The molecule has 4 heterocycles. The summed E-state index contributed by atoms with van der Waals surface area (Å²) in [5.74, 6) is 4.54. The van der Waals surface area contributed by atoms with Crippen LogP contribution in [0.4, 0.5) is 0 Å². The molecule has 0 saturated carbocycles. The summed E-state index contributed by atoms with van der Waals surface area (Å²) in [5.41, 5.74) is 1.73. The molecule has 0 unspecified atom stereocenters. The zero-order chi connectivity index (χ0) is 14.2. The number of pyridine rings is 1. The summed E-state index contributed by atoms with van der Waals surface area (Å²) in [4.78, 5) is 9.28. The zero-order valence-corrected chi connectivity index (χ0v) is 12.9. The second-order valence-corrected chi connectivity index (χ2v) is 6.71. The monoisotopic (exact) mass is 319 g/mol. The standard InChI is InChI=1S/C15H14ClN3OS/c16-12-3-4-13(20-12)19-14(10-5-8-21-9-6-10)18-11-2-1-7-17-15(11)19/h1-4,7,10H,5-6,8-9H2. The fourth-order valence-electron chi connectivity index (χ4n) is 2.80. The van der Waals surface area contributed by atoms with Gasteiger partial charge in [-0.15, -0.1) is 0 Å². The molecule has 0 spiro atoms. The number of aromatic nitrogens is 3. The van der Waals surface area contributed by atoms with Crippen LogP contribution in [0.1, 0.15) is 24.6 Å². The third kappa shape index (κ3) is 2.34. The van der Waals surface area contributed by atoms with Gasteiger partial charge in [-0.05, 0) is 54.1 Å². The molecule has 0 aliphatic carbocycles. The summed E-state index contributed by atoms with van der Waals surface area (Å²) in [6.45, 7) is 0. The van der Waals surface area contributed by atoms with Gasteiger partial charge in [0.1, 0.15) is 11.3 Å². The summed E-state index contributed by atoms with van der Waals surface area (Å²) in [6.07, 6.45) is 4.07. The topological polar surface area (TPSA) is 43.9 Å². The molecule has 0 radical (unpaired) electrons. The summed E-state index contributed by atoms with van der Waals surface area (Å²) < 4.78 is 7.63. The molecule has 108 valence electrons. The number of thioether (sulfide) groups is 1. The molecule has 3 aromatic heterocycles. The summed E-state index contributed by atoms with van der Waals surface area (Å²) in [6, 6.07) is 7.53. The predicted molar refractivity (Wildman–Crippen MR) is 85.4 cm³/mol. The second kappa shape index (κ2) is 5.39. The van der Waals surface area contributed by atoms with E-state index >= 15 is 0 Å². The number of hydrogen-bond acceptors (Lipinski definition) is 4. The van der Waals surface area contributed by atoms with Gasteiger partial charge in [0.15, 0.2) is 10.9 Å². The zero-order valence-electron chi connectivity index (χ0n) is 11.3. The van der Waals surface area contributed by atoms with E-state index in [-0.39, 0.29) is 0 Å². The van der Waals surface area contributed by atoms with Gasteiger partial charge in [0.05, 0.1) is 0 Å². The van der Waals surface area contributed by atoms with Crippen molar-refractivity contribution in [2.24, 2.45) is 0 Å². The van der Waals surface area contributed by atoms with Gasteiger partial charge in [0, 0.05) is 18.2 Å². The minimum atomic E-state index is 0.382. The lowest BCUT2D eigenvalue weighted by atomic mass is 10.0. The number of rotatable bonds is 2. The molecular formula is C15H14ClN3OS. The van der Waals surface area contributed by atoms with Gasteiger partial charge in [0.2, 0.25) is 5.88 Å². The van der Waals surface area contributed by atoms with Gasteiger partial charge >= 0.3 is 0 Å². The smallest absolute Gasteiger partial charge is 0.208 e. The van der Waals surface area contributed by atoms with Crippen molar-refractivity contribution < 1.29 is 4.42 Å². The van der Waals surface area contributed by atoms with Crippen LogP contribution in [-0.2, 0) is 0 Å². The molecule has 0 bridgehead atoms. The van der Waals surface area contributed by atoms with Gasteiger partial charge in [0.25, 0.3) is 0 Å². The van der Waals surface area contributed by atoms with Crippen molar-refractivity contribution in [2.45, 2.75) is 18.8 Å². The summed E-state index contributed by atoms with van der Waals surface area (Å²) in [7, 11) is 0. The molecule has 0 N–H and O–H groups in total. The van der Waals surface area contributed by atoms with Crippen molar-refractivity contribution in [3.05, 3.63) is 41.5 Å². The molecule has 4 rings (SSSR count). The van der Waals surface area contributed by atoms with Crippen LogP contribution < -0.4 is 0 Å². The molecule has 6 heteroatoms. The van der Waals surface area contributed by atoms with Crippen LogP contribution in [0.2, 0.25) is 5.22 Å². The SMILES string of the molecule is Clc1ccc(-n2c(C3CCSCC3)nc3cccnc32)o1. The van der Waals surface area contributed by atoms with Crippen LogP contribution in [0.3, 0.4) is 0 Å². The highest BCUT2D eigenvalue weighted by Crippen LogP contribution is 2.34. The van der Waals surface area contributed by atoms with Gasteiger partial charge in [-0.25, -0.2) is 14.5 Å². The largest absolute Gasteiger partial charge is 0.428 e. The highest BCUT2D eigenvalue weighted by molar-refractivity contribution is 7.99. The first-order chi connectivity index (χ1) is 10.3. The molecule has 1 aliphatic heterocycles. The molecule has 3 aromatic rings. The lowest BCUT2D eigenvalue weighted by molar-refractivity contribution is 0.517. The average Bonchev–Trinajstić information content (AvgIpc) is 3.11. The van der Waals surface area contributed by atoms with Crippen LogP contribution in [0.25, 0.3) is 17.0 Å². The molecule has 1 saturated heterocycles. The minimum absolute atomic E-state index is 0.382. The highest BCUT2D eigenvalue weighted by atomic mass is 35.5. The quantitative estimate of drug-likeness (QED) is 0.707. The molecular weight excluding hydrogens is 306 g/mol. The van der Waals surface area contributed by atoms with E-state index in [0.29, 0.717) is 17.0 Å². The molecule has 0 aromatic carbocycles. The first kappa shape index (κ1) is 13.2. The number of halogens is 1. The molecule has 4 nitrogen and oxygen atoms in total. The fraction of sp³-hybridized carbons (Fsp3) is 0.333. The van der Waals surface area contributed by atoms with Gasteiger partial charge < -0.3 is 4.42 Å². The Hall–Kier alpha value is -1.46. The Kier molecular flexibility index (Phi) is 3.39. The second-order valence-electron chi connectivity index (χ2n) is 5.12. The van der Waals surface area contributed by atoms with Crippen LogP contribution >= 0.6 is 23.4 Å². The first-order valence-electron chi connectivity index (χ1n) is 7.00. The van der Waals surface area contributed by atoms with Crippen LogP contribution in [0.5, 0.6) is 0 Å². The van der Waals surface area contributed by atoms with Crippen LogP contribution in [-0.4, -0.2) is 26.0 Å². The van der Waals surface area contributed by atoms with E-state index in [1.165, 1.54) is 11.5 Å². The Labute approximate surface area is 131 Å². The third-order valence-corrected chi connectivity index (χ3v) is 5.06. The van der Waals surface area contributed by atoms with Crippen molar-refractivity contribution in [2.75, 3.05) is 11.5 Å². The maximum atomic E-state index is 5.94. The van der Waals surface area contributed by atoms with E-state index in [4.69, 9.17) is 21.0 Å². The number of imidazole rings is 1. The van der Waals surface area contributed by atoms with Crippen molar-refractivity contribution in [1.29, 1.82) is 0 Å². The minimum Gasteiger partial charge on any atom is -0.428 e. The Bertz CT molecular complexity index is 776. The fourth-order valence-corrected chi connectivity index (χ4v) is 4.05. The maximum absolute atomic E-state index is 5.94. The Balaban J connectivity index is 1.92. The number of fused-ring (bicyclic) bond motifs is 1. The third-order valence-electron chi connectivity index (χ3n) is 3.81.